The second kappa shape index (κ2) is 6.59. The van der Waals surface area contributed by atoms with E-state index in [1.54, 1.807) is 30.3 Å². The van der Waals surface area contributed by atoms with Crippen molar-refractivity contribution in [3.63, 3.8) is 0 Å². The van der Waals surface area contributed by atoms with Crippen LogP contribution >= 0.6 is 0 Å². The van der Waals surface area contributed by atoms with Crippen molar-refractivity contribution >= 4 is 11.7 Å². The van der Waals surface area contributed by atoms with E-state index in [2.05, 4.69) is 5.32 Å². The van der Waals surface area contributed by atoms with Gasteiger partial charge in [-0.2, -0.15) is 0 Å². The maximum Gasteiger partial charge on any atom is 0.319 e. The first-order chi connectivity index (χ1) is 10.4. The number of aliphatic hydroxyl groups excluding tert-OH is 4. The summed E-state index contributed by atoms with van der Waals surface area (Å²) in [5.74, 6) is 0. The van der Waals surface area contributed by atoms with Crippen molar-refractivity contribution in [1.29, 1.82) is 0 Å². The number of piperidine rings is 1. The average Bonchev–Trinajstić information content (AvgIpc) is 2.53. The largest absolute Gasteiger partial charge is 0.394 e. The fraction of sp³-hybridized carbons (Fsp3) is 0.500. The number of nitrogens with one attached hydrogen (secondary N) is 1. The fourth-order valence-corrected chi connectivity index (χ4v) is 2.61. The van der Waals surface area contributed by atoms with Crippen LogP contribution in [0.2, 0.25) is 0 Å². The standard InChI is InChI=1S/C14H21N3O5/c15-13(22)17(9-4-2-1-3-5-9)7-14(8-18)12(21)11(20)10(19)6-16-14/h1-5,10-12,16,18-21H,6-8H2,(H2,15,22). The minimum Gasteiger partial charge on any atom is -0.394 e. The normalized spacial score (nSPS) is 31.7. The SMILES string of the molecule is NC(=O)N(CC1(CO)NCC(O)C(O)C1O)c1ccccc1. The van der Waals surface area contributed by atoms with E-state index in [0.717, 1.165) is 0 Å². The number of nitrogens with zero attached hydrogens (tertiary/aromatic N) is 1. The Morgan fingerprint density at radius 2 is 1.95 bits per heavy atom. The van der Waals surface area contributed by atoms with Gasteiger partial charge in [-0.3, -0.25) is 4.90 Å². The highest BCUT2D eigenvalue weighted by atomic mass is 16.4. The molecule has 1 aromatic carbocycles. The van der Waals surface area contributed by atoms with Crippen molar-refractivity contribution in [2.75, 3.05) is 24.6 Å². The molecule has 0 aliphatic carbocycles. The van der Waals surface area contributed by atoms with Crippen molar-refractivity contribution in [2.45, 2.75) is 23.9 Å². The first-order valence-corrected chi connectivity index (χ1v) is 6.93. The van der Waals surface area contributed by atoms with Crippen LogP contribution in [-0.4, -0.2) is 70.0 Å². The van der Waals surface area contributed by atoms with Gasteiger partial charge >= 0.3 is 6.03 Å². The van der Waals surface area contributed by atoms with Gasteiger partial charge < -0.3 is 31.5 Å². The fourth-order valence-electron chi connectivity index (χ4n) is 2.61. The van der Waals surface area contributed by atoms with Gasteiger partial charge in [-0.05, 0) is 12.1 Å². The van der Waals surface area contributed by atoms with Crippen molar-refractivity contribution in [3.05, 3.63) is 30.3 Å². The van der Waals surface area contributed by atoms with Crippen molar-refractivity contribution in [2.24, 2.45) is 5.73 Å². The summed E-state index contributed by atoms with van der Waals surface area (Å²) >= 11 is 0. The minimum atomic E-state index is -1.47. The van der Waals surface area contributed by atoms with Crippen LogP contribution in [0.4, 0.5) is 10.5 Å². The smallest absolute Gasteiger partial charge is 0.319 e. The third-order valence-electron chi connectivity index (χ3n) is 4.00. The number of para-hydroxylation sites is 1. The predicted molar refractivity (Wildman–Crippen MR) is 79.2 cm³/mol. The van der Waals surface area contributed by atoms with Gasteiger partial charge in [0.15, 0.2) is 0 Å². The summed E-state index contributed by atoms with van der Waals surface area (Å²) in [7, 11) is 0. The lowest BCUT2D eigenvalue weighted by atomic mass is 9.83. The molecule has 122 valence electrons. The Morgan fingerprint density at radius 1 is 1.32 bits per heavy atom. The van der Waals surface area contributed by atoms with Gasteiger partial charge in [0.05, 0.1) is 24.8 Å². The molecule has 4 atom stereocenters. The lowest BCUT2D eigenvalue weighted by Gasteiger charge is -2.47. The number of aliphatic hydroxyl groups is 4. The third kappa shape index (κ3) is 3.06. The topological polar surface area (TPSA) is 139 Å². The van der Waals surface area contributed by atoms with E-state index < -0.39 is 36.5 Å². The van der Waals surface area contributed by atoms with Crippen LogP contribution in [0, 0.1) is 0 Å². The number of rotatable bonds is 4. The molecule has 2 rings (SSSR count). The number of urea groups is 1. The first-order valence-electron chi connectivity index (χ1n) is 6.93. The van der Waals surface area contributed by atoms with E-state index in [9.17, 15) is 25.2 Å². The number of hydrogen-bond acceptors (Lipinski definition) is 6. The van der Waals surface area contributed by atoms with E-state index in [-0.39, 0.29) is 13.1 Å². The highest BCUT2D eigenvalue weighted by Gasteiger charge is 2.49. The Morgan fingerprint density at radius 3 is 2.50 bits per heavy atom. The summed E-state index contributed by atoms with van der Waals surface area (Å²) < 4.78 is 0. The van der Waals surface area contributed by atoms with Gasteiger partial charge in [0.25, 0.3) is 0 Å². The molecule has 22 heavy (non-hydrogen) atoms. The Labute approximate surface area is 127 Å². The van der Waals surface area contributed by atoms with Crippen LogP contribution in [0.15, 0.2) is 30.3 Å². The molecular formula is C14H21N3O5. The summed E-state index contributed by atoms with van der Waals surface area (Å²) in [4.78, 5) is 12.9. The predicted octanol–water partition coefficient (Wildman–Crippen LogP) is -2.01. The van der Waals surface area contributed by atoms with Crippen LogP contribution in [0.25, 0.3) is 0 Å². The van der Waals surface area contributed by atoms with Crippen LogP contribution in [0.5, 0.6) is 0 Å². The average molecular weight is 311 g/mol. The molecule has 1 fully saturated rings. The summed E-state index contributed by atoms with van der Waals surface area (Å²) in [6.45, 7) is -0.734. The zero-order valence-corrected chi connectivity index (χ0v) is 12.0. The number of β-amino-alcohol motifs (C(OH)–C–C–N with tert-alkyl or cyclic N) is 1. The monoisotopic (exact) mass is 311 g/mol. The maximum atomic E-state index is 11.7. The van der Waals surface area contributed by atoms with Crippen LogP contribution in [0.3, 0.4) is 0 Å². The van der Waals surface area contributed by atoms with Gasteiger partial charge in [0, 0.05) is 12.2 Å². The summed E-state index contributed by atoms with van der Waals surface area (Å²) in [5, 5.41) is 42.2. The number of primary amides is 1. The highest BCUT2D eigenvalue weighted by Crippen LogP contribution is 2.25. The van der Waals surface area contributed by atoms with Gasteiger partial charge in [-0.15, -0.1) is 0 Å². The van der Waals surface area contributed by atoms with Gasteiger partial charge in [-0.25, -0.2) is 4.79 Å². The van der Waals surface area contributed by atoms with Crippen molar-refractivity contribution in [3.8, 4) is 0 Å². The molecule has 7 N–H and O–H groups in total. The molecule has 8 nitrogen and oxygen atoms in total. The highest BCUT2D eigenvalue weighted by molar-refractivity contribution is 5.90. The number of carbonyl (C=O) groups excluding carboxylic acids is 1. The summed E-state index contributed by atoms with van der Waals surface area (Å²) in [6, 6.07) is 7.79. The summed E-state index contributed by atoms with van der Waals surface area (Å²) in [5.41, 5.74) is 4.50. The van der Waals surface area contributed by atoms with Gasteiger partial charge in [-0.1, -0.05) is 18.2 Å². The molecule has 1 aliphatic rings. The number of amides is 2. The Balaban J connectivity index is 2.29. The number of hydrogen-bond donors (Lipinski definition) is 6. The maximum absolute atomic E-state index is 11.7. The Bertz CT molecular complexity index is 514. The van der Waals surface area contributed by atoms with Crippen LogP contribution < -0.4 is 16.0 Å². The van der Waals surface area contributed by atoms with Gasteiger partial charge in [0.1, 0.15) is 12.2 Å². The van der Waals surface area contributed by atoms with E-state index >= 15 is 0 Å². The van der Waals surface area contributed by atoms with Crippen LogP contribution in [-0.2, 0) is 0 Å². The van der Waals surface area contributed by atoms with Crippen LogP contribution in [0.1, 0.15) is 0 Å². The zero-order valence-electron chi connectivity index (χ0n) is 12.0. The molecule has 0 spiro atoms. The first kappa shape index (κ1) is 16.7. The molecule has 0 saturated carbocycles. The van der Waals surface area contributed by atoms with E-state index in [0.29, 0.717) is 5.69 Å². The number of anilines is 1. The quantitative estimate of drug-likeness (QED) is 0.380. The molecular weight excluding hydrogens is 290 g/mol. The number of nitrogens with two attached hydrogens (primary N) is 1. The second-order valence-electron chi connectivity index (χ2n) is 5.46. The molecule has 1 aliphatic heterocycles. The van der Waals surface area contributed by atoms with Gasteiger partial charge in [0.2, 0.25) is 0 Å². The zero-order chi connectivity index (χ0) is 16.3. The third-order valence-corrected chi connectivity index (χ3v) is 4.00. The molecule has 0 aromatic heterocycles. The number of carbonyl (C=O) groups is 1. The lowest BCUT2D eigenvalue weighted by molar-refractivity contribution is -0.130. The molecule has 1 saturated heterocycles. The Hall–Kier alpha value is -1.71. The molecule has 2 amide bonds. The molecule has 4 unspecified atom stereocenters. The van der Waals surface area contributed by atoms with E-state index in [1.165, 1.54) is 4.90 Å². The lowest BCUT2D eigenvalue weighted by Crippen LogP contribution is -2.73. The molecule has 0 bridgehead atoms. The minimum absolute atomic E-state index is 0.0276. The van der Waals surface area contributed by atoms with E-state index in [1.807, 2.05) is 0 Å². The molecule has 8 heteroatoms. The van der Waals surface area contributed by atoms with E-state index in [4.69, 9.17) is 5.73 Å². The van der Waals surface area contributed by atoms with Crippen molar-refractivity contribution in [1.82, 2.24) is 5.32 Å². The van der Waals surface area contributed by atoms with Crippen molar-refractivity contribution < 1.29 is 25.2 Å². The molecule has 1 heterocycles. The molecule has 0 radical (unpaired) electrons. The molecule has 1 aromatic rings. The Kier molecular flexibility index (Phi) is 4.99. The second-order valence-corrected chi connectivity index (χ2v) is 5.46. The number of benzene rings is 1. The summed E-state index contributed by atoms with van der Waals surface area (Å²) in [6.07, 6.45) is -4.06.